The lowest BCUT2D eigenvalue weighted by Crippen LogP contribution is -2.30. The van der Waals surface area contributed by atoms with Gasteiger partial charge >= 0.3 is 0 Å². The van der Waals surface area contributed by atoms with Gasteiger partial charge in [-0.05, 0) is 12.1 Å². The highest BCUT2D eigenvalue weighted by Gasteiger charge is 2.06. The monoisotopic (exact) mass is 431 g/mol. The molecule has 0 saturated carbocycles. The van der Waals surface area contributed by atoms with Gasteiger partial charge in [0.2, 0.25) is 0 Å². The molecule has 0 aliphatic heterocycles. The van der Waals surface area contributed by atoms with Gasteiger partial charge in [0.05, 0.1) is 20.4 Å². The predicted octanol–water partition coefficient (Wildman–Crippen LogP) is 2.24. The Bertz CT molecular complexity index is 657. The number of nitrogens with zero attached hydrogens (tertiary/aromatic N) is 3. The molecule has 1 aromatic carbocycles. The Morgan fingerprint density at radius 2 is 2.00 bits per heavy atom. The quantitative estimate of drug-likeness (QED) is 0.432. The minimum atomic E-state index is 0. The molecule has 2 N–H and O–H groups in total. The number of methoxy groups -OCH3 is 2. The highest BCUT2D eigenvalue weighted by atomic mass is 127. The summed E-state index contributed by atoms with van der Waals surface area (Å²) in [5, 5.41) is 10.6. The van der Waals surface area contributed by atoms with Gasteiger partial charge in [0, 0.05) is 44.2 Å². The van der Waals surface area contributed by atoms with Crippen LogP contribution in [0.15, 0.2) is 35.6 Å². The Balaban J connectivity index is 0.00000264. The SMILES string of the molecule is CN=C(NCc1cnn(C)c1)Nc1ccc(OC)c(OC)c1.I. The third-order valence-corrected chi connectivity index (χ3v) is 3.09. The van der Waals surface area contributed by atoms with E-state index in [2.05, 4.69) is 20.7 Å². The van der Waals surface area contributed by atoms with Gasteiger partial charge in [-0.3, -0.25) is 9.67 Å². The largest absolute Gasteiger partial charge is 0.493 e. The van der Waals surface area contributed by atoms with Gasteiger partial charge in [-0.15, -0.1) is 24.0 Å². The second-order valence-corrected chi connectivity index (χ2v) is 4.64. The van der Waals surface area contributed by atoms with E-state index >= 15 is 0 Å². The lowest BCUT2D eigenvalue weighted by atomic mass is 10.2. The van der Waals surface area contributed by atoms with E-state index in [1.807, 2.05) is 37.6 Å². The van der Waals surface area contributed by atoms with Gasteiger partial charge in [0.15, 0.2) is 17.5 Å². The average Bonchev–Trinajstić information content (AvgIpc) is 2.96. The van der Waals surface area contributed by atoms with Crippen LogP contribution in [0.25, 0.3) is 0 Å². The molecule has 2 rings (SSSR count). The van der Waals surface area contributed by atoms with Crippen LogP contribution < -0.4 is 20.1 Å². The van der Waals surface area contributed by atoms with Crippen LogP contribution >= 0.6 is 24.0 Å². The van der Waals surface area contributed by atoms with Gasteiger partial charge in [-0.25, -0.2) is 0 Å². The molecule has 2 aromatic rings. The van der Waals surface area contributed by atoms with E-state index in [1.165, 1.54) is 0 Å². The normalized spacial score (nSPS) is 10.7. The van der Waals surface area contributed by atoms with E-state index in [0.29, 0.717) is 24.0 Å². The van der Waals surface area contributed by atoms with E-state index in [4.69, 9.17) is 9.47 Å². The smallest absolute Gasteiger partial charge is 0.195 e. The number of aliphatic imine (C=N–C) groups is 1. The third-order valence-electron chi connectivity index (χ3n) is 3.09. The molecular weight excluding hydrogens is 409 g/mol. The van der Waals surface area contributed by atoms with Crippen LogP contribution in [-0.4, -0.2) is 37.0 Å². The van der Waals surface area contributed by atoms with Gasteiger partial charge in [0.1, 0.15) is 0 Å². The highest BCUT2D eigenvalue weighted by Crippen LogP contribution is 2.29. The number of aromatic nitrogens is 2. The number of nitrogens with one attached hydrogen (secondary N) is 2. The summed E-state index contributed by atoms with van der Waals surface area (Å²) in [4.78, 5) is 4.20. The number of hydrogen-bond donors (Lipinski definition) is 2. The van der Waals surface area contributed by atoms with E-state index in [1.54, 1.807) is 25.9 Å². The van der Waals surface area contributed by atoms with Crippen LogP contribution in [0.5, 0.6) is 11.5 Å². The standard InChI is InChI=1S/C15H21N5O2.HI/c1-16-15(17-8-11-9-18-20(2)10-11)19-12-5-6-13(21-3)14(7-12)22-4;/h5-7,9-10H,8H2,1-4H3,(H2,16,17,19);1H. The molecule has 1 heterocycles. The zero-order valence-electron chi connectivity index (χ0n) is 13.7. The molecule has 1 aromatic heterocycles. The molecule has 0 bridgehead atoms. The van der Waals surface area contributed by atoms with Crippen molar-refractivity contribution in [2.75, 3.05) is 26.6 Å². The lowest BCUT2D eigenvalue weighted by molar-refractivity contribution is 0.355. The van der Waals surface area contributed by atoms with Crippen molar-refractivity contribution in [1.82, 2.24) is 15.1 Å². The fourth-order valence-electron chi connectivity index (χ4n) is 1.98. The van der Waals surface area contributed by atoms with Gasteiger partial charge in [-0.1, -0.05) is 0 Å². The molecule has 8 heteroatoms. The Morgan fingerprint density at radius 3 is 2.57 bits per heavy atom. The van der Waals surface area contributed by atoms with Crippen molar-refractivity contribution in [3.8, 4) is 11.5 Å². The summed E-state index contributed by atoms with van der Waals surface area (Å²) in [6.07, 6.45) is 3.77. The Labute approximate surface area is 153 Å². The first-order chi connectivity index (χ1) is 10.7. The van der Waals surface area contributed by atoms with Crippen LogP contribution in [0.2, 0.25) is 0 Å². The minimum absolute atomic E-state index is 0. The average molecular weight is 431 g/mol. The molecule has 0 atom stereocenters. The second kappa shape index (κ2) is 9.23. The molecule has 0 aliphatic carbocycles. The van der Waals surface area contributed by atoms with Crippen molar-refractivity contribution < 1.29 is 9.47 Å². The molecule has 0 saturated heterocycles. The maximum absolute atomic E-state index is 5.29. The first kappa shape index (κ1) is 19.1. The number of aryl methyl sites for hydroxylation is 1. The van der Waals surface area contributed by atoms with Crippen LogP contribution in [0.1, 0.15) is 5.56 Å². The van der Waals surface area contributed by atoms with E-state index in [0.717, 1.165) is 11.3 Å². The number of ether oxygens (including phenoxy) is 2. The van der Waals surface area contributed by atoms with Gasteiger partial charge in [-0.2, -0.15) is 5.10 Å². The molecule has 126 valence electrons. The zero-order chi connectivity index (χ0) is 15.9. The third kappa shape index (κ3) is 5.31. The number of benzene rings is 1. The van der Waals surface area contributed by atoms with Crippen LogP contribution in [-0.2, 0) is 13.6 Å². The van der Waals surface area contributed by atoms with Crippen molar-refractivity contribution in [2.24, 2.45) is 12.0 Å². The van der Waals surface area contributed by atoms with Crippen LogP contribution in [0, 0.1) is 0 Å². The van der Waals surface area contributed by atoms with Crippen molar-refractivity contribution in [1.29, 1.82) is 0 Å². The summed E-state index contributed by atoms with van der Waals surface area (Å²) >= 11 is 0. The molecule has 23 heavy (non-hydrogen) atoms. The summed E-state index contributed by atoms with van der Waals surface area (Å²) in [6, 6.07) is 5.60. The predicted molar refractivity (Wildman–Crippen MR) is 102 cm³/mol. The summed E-state index contributed by atoms with van der Waals surface area (Å²) in [5.41, 5.74) is 1.94. The fourth-order valence-corrected chi connectivity index (χ4v) is 1.98. The maximum atomic E-state index is 5.29. The van der Waals surface area contributed by atoms with E-state index < -0.39 is 0 Å². The number of rotatable bonds is 5. The number of halogens is 1. The Hall–Kier alpha value is -1.97. The van der Waals surface area contributed by atoms with Crippen LogP contribution in [0.3, 0.4) is 0 Å². The molecule has 0 amide bonds. The first-order valence-corrected chi connectivity index (χ1v) is 6.83. The van der Waals surface area contributed by atoms with Crippen molar-refractivity contribution >= 4 is 35.6 Å². The van der Waals surface area contributed by atoms with Gasteiger partial charge in [0.25, 0.3) is 0 Å². The second-order valence-electron chi connectivity index (χ2n) is 4.64. The van der Waals surface area contributed by atoms with Crippen molar-refractivity contribution in [3.05, 3.63) is 36.2 Å². The van der Waals surface area contributed by atoms with E-state index in [-0.39, 0.29) is 24.0 Å². The number of hydrogen-bond acceptors (Lipinski definition) is 4. The molecular formula is C15H22IN5O2. The molecule has 0 aliphatic rings. The van der Waals surface area contributed by atoms with E-state index in [9.17, 15) is 0 Å². The molecule has 0 fully saturated rings. The fraction of sp³-hybridized carbons (Fsp3) is 0.333. The maximum Gasteiger partial charge on any atom is 0.195 e. The van der Waals surface area contributed by atoms with Crippen molar-refractivity contribution in [3.63, 3.8) is 0 Å². The topological polar surface area (TPSA) is 72.7 Å². The Morgan fingerprint density at radius 1 is 1.26 bits per heavy atom. The lowest BCUT2D eigenvalue weighted by Gasteiger charge is -2.13. The molecule has 0 unspecified atom stereocenters. The number of guanidine groups is 1. The molecule has 7 nitrogen and oxygen atoms in total. The van der Waals surface area contributed by atoms with Gasteiger partial charge < -0.3 is 20.1 Å². The summed E-state index contributed by atoms with van der Waals surface area (Å²) in [7, 11) is 6.83. The highest BCUT2D eigenvalue weighted by molar-refractivity contribution is 14.0. The summed E-state index contributed by atoms with van der Waals surface area (Å²) in [5.74, 6) is 2.01. The molecule has 0 radical (unpaired) electrons. The van der Waals surface area contributed by atoms with Crippen molar-refractivity contribution in [2.45, 2.75) is 6.54 Å². The summed E-state index contributed by atoms with van der Waals surface area (Å²) < 4.78 is 12.3. The Kier molecular flexibility index (Phi) is 7.66. The zero-order valence-corrected chi connectivity index (χ0v) is 16.0. The number of anilines is 1. The van der Waals surface area contributed by atoms with Crippen LogP contribution in [0.4, 0.5) is 5.69 Å². The first-order valence-electron chi connectivity index (χ1n) is 6.83. The molecule has 0 spiro atoms. The summed E-state index contributed by atoms with van der Waals surface area (Å²) in [6.45, 7) is 0.640. The minimum Gasteiger partial charge on any atom is -0.493 e.